The van der Waals surface area contributed by atoms with Gasteiger partial charge in [0.25, 0.3) is 5.91 Å². The summed E-state index contributed by atoms with van der Waals surface area (Å²) in [7, 11) is -2.76. The number of hydroxylamine groups is 1. The van der Waals surface area contributed by atoms with Crippen LogP contribution in [0.4, 0.5) is 5.69 Å². The third kappa shape index (κ3) is 9.12. The van der Waals surface area contributed by atoms with E-state index in [1.54, 1.807) is 5.48 Å². The molecule has 0 spiro atoms. The van der Waals surface area contributed by atoms with Crippen molar-refractivity contribution in [2.45, 2.75) is 29.3 Å². The first kappa shape index (κ1) is 38.4. The maximum Gasteiger partial charge on any atom is 0.261 e. The molecule has 1 saturated heterocycles. The van der Waals surface area contributed by atoms with E-state index in [0.717, 1.165) is 15.6 Å². The number of anilines is 1. The Hall–Kier alpha value is -4.88. The number of para-hydroxylation sites is 1. The SMILES string of the molecule is COc1ccc(S(=O)(=O)N2CC3C(CC2C(=O)NO)c2ccccc2N3CC(=O)NCCNC(=O)COCCOCCN2CC(=O)C=CC2=O)cc1. The van der Waals surface area contributed by atoms with Crippen molar-refractivity contribution in [2.24, 2.45) is 0 Å². The van der Waals surface area contributed by atoms with Gasteiger partial charge in [-0.15, -0.1) is 0 Å². The first-order valence-electron chi connectivity index (χ1n) is 16.7. The summed E-state index contributed by atoms with van der Waals surface area (Å²) in [6, 6.07) is 11.4. The van der Waals surface area contributed by atoms with Crippen molar-refractivity contribution >= 4 is 45.1 Å². The Labute approximate surface area is 300 Å². The van der Waals surface area contributed by atoms with Crippen molar-refractivity contribution in [1.29, 1.82) is 0 Å². The molecule has 3 aliphatic heterocycles. The van der Waals surface area contributed by atoms with E-state index >= 15 is 0 Å². The van der Waals surface area contributed by atoms with Gasteiger partial charge in [0, 0.05) is 43.9 Å². The fourth-order valence-electron chi connectivity index (χ4n) is 6.51. The number of piperidine rings is 1. The number of ketones is 1. The summed E-state index contributed by atoms with van der Waals surface area (Å²) in [5.74, 6) is -1.85. The van der Waals surface area contributed by atoms with Crippen LogP contribution in [0, 0.1) is 0 Å². The third-order valence-corrected chi connectivity index (χ3v) is 10.9. The predicted octanol–water partition coefficient (Wildman–Crippen LogP) is -0.831. The van der Waals surface area contributed by atoms with Crippen LogP contribution in [0.1, 0.15) is 17.9 Å². The monoisotopic (exact) mass is 742 g/mol. The van der Waals surface area contributed by atoms with Crippen molar-refractivity contribution in [1.82, 2.24) is 25.3 Å². The zero-order chi connectivity index (χ0) is 37.3. The van der Waals surface area contributed by atoms with E-state index in [4.69, 9.17) is 14.2 Å². The molecule has 5 rings (SSSR count). The molecule has 2 aromatic rings. The Bertz CT molecular complexity index is 1770. The number of amides is 4. The van der Waals surface area contributed by atoms with Gasteiger partial charge in [-0.3, -0.25) is 29.2 Å². The molecule has 4 amide bonds. The van der Waals surface area contributed by atoms with Crippen LogP contribution in [0.3, 0.4) is 0 Å². The van der Waals surface area contributed by atoms with Crippen LogP contribution >= 0.6 is 0 Å². The number of nitrogens with one attached hydrogen (secondary N) is 3. The molecule has 280 valence electrons. The molecular weight excluding hydrogens is 700 g/mol. The molecule has 3 atom stereocenters. The van der Waals surface area contributed by atoms with Crippen LogP contribution in [0.15, 0.2) is 65.6 Å². The Morgan fingerprint density at radius 1 is 0.923 bits per heavy atom. The van der Waals surface area contributed by atoms with E-state index in [1.807, 2.05) is 29.2 Å². The van der Waals surface area contributed by atoms with Gasteiger partial charge in [-0.05, 0) is 48.4 Å². The molecule has 17 nitrogen and oxygen atoms in total. The maximum atomic E-state index is 13.9. The number of rotatable bonds is 17. The van der Waals surface area contributed by atoms with Crippen LogP contribution in [-0.4, -0.2) is 137 Å². The first-order valence-corrected chi connectivity index (χ1v) is 18.1. The second-order valence-electron chi connectivity index (χ2n) is 12.3. The third-order valence-electron chi connectivity index (χ3n) is 9.05. The van der Waals surface area contributed by atoms with E-state index < -0.39 is 33.9 Å². The lowest BCUT2D eigenvalue weighted by atomic mass is 9.85. The number of fused-ring (bicyclic) bond motifs is 3. The number of hydrogen-bond donors (Lipinski definition) is 4. The van der Waals surface area contributed by atoms with Gasteiger partial charge in [0.05, 0.1) is 51.0 Å². The van der Waals surface area contributed by atoms with Gasteiger partial charge in [0.2, 0.25) is 27.7 Å². The fraction of sp³-hybridized carbons (Fsp3) is 0.441. The molecule has 0 saturated carbocycles. The summed E-state index contributed by atoms with van der Waals surface area (Å²) in [6.07, 6.45) is 2.55. The zero-order valence-electron chi connectivity index (χ0n) is 28.6. The molecule has 2 aromatic carbocycles. The van der Waals surface area contributed by atoms with Gasteiger partial charge in [-0.25, -0.2) is 13.9 Å². The van der Waals surface area contributed by atoms with Gasteiger partial charge in [-0.1, -0.05) is 18.2 Å². The number of carbonyl (C=O) groups excluding carboxylic acids is 5. The Kier molecular flexibility index (Phi) is 13.0. The minimum atomic E-state index is -4.22. The maximum absolute atomic E-state index is 13.9. The number of carbonyl (C=O) groups is 5. The Morgan fingerprint density at radius 2 is 1.63 bits per heavy atom. The van der Waals surface area contributed by atoms with Crippen LogP contribution in [-0.2, 0) is 43.5 Å². The lowest BCUT2D eigenvalue weighted by Gasteiger charge is -2.42. The average Bonchev–Trinajstić information content (AvgIpc) is 3.45. The standard InChI is InChI=1S/C34H42N6O11S/c1-49-24-7-9-25(10-8-24)52(47,48)40-20-30-27(18-29(40)34(45)37-46)26-4-2-3-5-28(26)39(30)21-31(42)35-12-13-36-32(43)22-51-17-16-50-15-14-38-19-23(41)6-11-33(38)44/h2-11,27,29-30,46H,12-22H2,1H3,(H,35,42)(H,36,43)(H,37,45). The van der Waals surface area contributed by atoms with Gasteiger partial charge >= 0.3 is 0 Å². The molecule has 0 aromatic heterocycles. The van der Waals surface area contributed by atoms with Crippen LogP contribution in [0.5, 0.6) is 5.75 Å². The van der Waals surface area contributed by atoms with Gasteiger partial charge < -0.3 is 34.6 Å². The van der Waals surface area contributed by atoms with E-state index in [1.165, 1.54) is 48.4 Å². The molecule has 4 N–H and O–H groups in total. The summed E-state index contributed by atoms with van der Waals surface area (Å²) < 4.78 is 44.7. The lowest BCUT2D eigenvalue weighted by Crippen LogP contribution is -2.59. The molecule has 0 radical (unpaired) electrons. The average molecular weight is 743 g/mol. The highest BCUT2D eigenvalue weighted by Crippen LogP contribution is 2.47. The number of benzene rings is 2. The molecule has 3 unspecified atom stereocenters. The van der Waals surface area contributed by atoms with Crippen molar-refractivity contribution < 1.29 is 51.8 Å². The summed E-state index contributed by atoms with van der Waals surface area (Å²) in [6.45, 7) is 0.636. The summed E-state index contributed by atoms with van der Waals surface area (Å²) in [4.78, 5) is 64.5. The number of nitrogens with zero attached hydrogens (tertiary/aromatic N) is 3. The normalized spacial score (nSPS) is 19.9. The largest absolute Gasteiger partial charge is 0.497 e. The number of sulfonamides is 1. The highest BCUT2D eigenvalue weighted by molar-refractivity contribution is 7.89. The van der Waals surface area contributed by atoms with Crippen LogP contribution in [0.25, 0.3) is 0 Å². The van der Waals surface area contributed by atoms with Crippen LogP contribution in [0.2, 0.25) is 0 Å². The van der Waals surface area contributed by atoms with E-state index in [2.05, 4.69) is 10.6 Å². The number of methoxy groups -OCH3 is 1. The topological polar surface area (TPSA) is 213 Å². The minimum absolute atomic E-state index is 0.0218. The second-order valence-corrected chi connectivity index (χ2v) is 14.2. The van der Waals surface area contributed by atoms with Gasteiger partial charge in [0.15, 0.2) is 5.78 Å². The van der Waals surface area contributed by atoms with Crippen molar-refractivity contribution in [3.63, 3.8) is 0 Å². The fourth-order valence-corrected chi connectivity index (χ4v) is 8.13. The second kappa shape index (κ2) is 17.6. The lowest BCUT2D eigenvalue weighted by molar-refractivity contribution is -0.134. The predicted molar refractivity (Wildman–Crippen MR) is 184 cm³/mol. The zero-order valence-corrected chi connectivity index (χ0v) is 29.4. The van der Waals surface area contributed by atoms with E-state index in [0.29, 0.717) is 5.75 Å². The van der Waals surface area contributed by atoms with Crippen molar-refractivity contribution in [3.8, 4) is 5.75 Å². The highest BCUT2D eigenvalue weighted by Gasteiger charge is 2.50. The molecular formula is C34H42N6O11S. The molecule has 1 fully saturated rings. The number of ether oxygens (including phenoxy) is 3. The smallest absolute Gasteiger partial charge is 0.261 e. The summed E-state index contributed by atoms with van der Waals surface area (Å²) >= 11 is 0. The molecule has 0 aliphatic carbocycles. The van der Waals surface area contributed by atoms with Crippen molar-refractivity contribution in [3.05, 3.63) is 66.2 Å². The Balaban J connectivity index is 1.09. The molecule has 18 heteroatoms. The molecule has 52 heavy (non-hydrogen) atoms. The number of hydrogen-bond acceptors (Lipinski definition) is 12. The van der Waals surface area contributed by atoms with Crippen LogP contribution < -0.4 is 25.8 Å². The van der Waals surface area contributed by atoms with Crippen molar-refractivity contribution in [2.75, 3.05) is 77.7 Å². The molecule has 0 bridgehead atoms. The molecule has 3 heterocycles. The quantitative estimate of drug-likeness (QED) is 0.0889. The Morgan fingerprint density at radius 3 is 2.37 bits per heavy atom. The minimum Gasteiger partial charge on any atom is -0.497 e. The highest BCUT2D eigenvalue weighted by atomic mass is 32.2. The van der Waals surface area contributed by atoms with Gasteiger partial charge in [0.1, 0.15) is 18.4 Å². The summed E-state index contributed by atoms with van der Waals surface area (Å²) in [5, 5.41) is 15.0. The summed E-state index contributed by atoms with van der Waals surface area (Å²) in [5.41, 5.74) is 3.22. The molecule has 3 aliphatic rings. The van der Waals surface area contributed by atoms with E-state index in [9.17, 15) is 37.6 Å². The first-order chi connectivity index (χ1) is 25.0. The van der Waals surface area contributed by atoms with Gasteiger partial charge in [-0.2, -0.15) is 4.31 Å². The van der Waals surface area contributed by atoms with E-state index in [-0.39, 0.29) is 101 Å².